The number of carbonyl (C=O) groups excluding carboxylic acids is 1. The summed E-state index contributed by atoms with van der Waals surface area (Å²) in [6, 6.07) is 6.10. The predicted molar refractivity (Wildman–Crippen MR) is 97.0 cm³/mol. The summed E-state index contributed by atoms with van der Waals surface area (Å²) < 4.78 is 32.7. The molecule has 2 unspecified atom stereocenters. The van der Waals surface area contributed by atoms with Gasteiger partial charge in [0.15, 0.2) is 0 Å². The quantitative estimate of drug-likeness (QED) is 0.866. The number of morpholine rings is 1. The first kappa shape index (κ1) is 19.9. The molecule has 1 aliphatic rings. The Kier molecular flexibility index (Phi) is 5.91. The third-order valence-corrected chi connectivity index (χ3v) is 6.32. The average Bonchev–Trinajstić information content (AvgIpc) is 2.53. The summed E-state index contributed by atoms with van der Waals surface area (Å²) in [5.41, 5.74) is 0.145. The van der Waals surface area contributed by atoms with Crippen molar-refractivity contribution in [3.05, 3.63) is 29.8 Å². The molecule has 0 aromatic heterocycles. The maximum atomic E-state index is 12.8. The summed E-state index contributed by atoms with van der Waals surface area (Å²) in [5, 5.41) is 2.94. The molecule has 1 aromatic rings. The van der Waals surface area contributed by atoms with E-state index in [1.54, 1.807) is 12.1 Å². The average molecular weight is 368 g/mol. The Morgan fingerprint density at radius 3 is 2.20 bits per heavy atom. The minimum atomic E-state index is -3.59. The van der Waals surface area contributed by atoms with Crippen LogP contribution < -0.4 is 5.32 Å². The van der Waals surface area contributed by atoms with Crippen molar-refractivity contribution in [1.82, 2.24) is 9.62 Å². The SMILES string of the molecule is CCC(C)(C)NC(=O)c1ccc(S(=O)(=O)N2CC(C)OC(C)C2)cc1. The summed E-state index contributed by atoms with van der Waals surface area (Å²) in [5.74, 6) is -0.204. The fourth-order valence-corrected chi connectivity index (χ4v) is 4.31. The number of hydrogen-bond acceptors (Lipinski definition) is 4. The van der Waals surface area contributed by atoms with Crippen LogP contribution in [0.25, 0.3) is 0 Å². The number of nitrogens with one attached hydrogen (secondary N) is 1. The van der Waals surface area contributed by atoms with Gasteiger partial charge in [-0.1, -0.05) is 6.92 Å². The number of sulfonamides is 1. The highest BCUT2D eigenvalue weighted by atomic mass is 32.2. The highest BCUT2D eigenvalue weighted by Crippen LogP contribution is 2.21. The first-order chi connectivity index (χ1) is 11.5. The molecule has 2 rings (SSSR count). The van der Waals surface area contributed by atoms with Crippen LogP contribution >= 0.6 is 0 Å². The summed E-state index contributed by atoms with van der Waals surface area (Å²) in [6.07, 6.45) is 0.526. The van der Waals surface area contributed by atoms with Crippen LogP contribution in [0.2, 0.25) is 0 Å². The Balaban J connectivity index is 2.17. The van der Waals surface area contributed by atoms with Crippen LogP contribution in [-0.2, 0) is 14.8 Å². The van der Waals surface area contributed by atoms with E-state index in [1.807, 2.05) is 34.6 Å². The molecule has 0 aliphatic carbocycles. The maximum Gasteiger partial charge on any atom is 0.251 e. The van der Waals surface area contributed by atoms with E-state index in [9.17, 15) is 13.2 Å². The van der Waals surface area contributed by atoms with Crippen molar-refractivity contribution in [1.29, 1.82) is 0 Å². The van der Waals surface area contributed by atoms with Gasteiger partial charge in [0.1, 0.15) is 0 Å². The molecule has 1 N–H and O–H groups in total. The zero-order chi connectivity index (χ0) is 18.8. The number of rotatable bonds is 5. The maximum absolute atomic E-state index is 12.8. The molecule has 0 bridgehead atoms. The van der Waals surface area contributed by atoms with Gasteiger partial charge in [-0.2, -0.15) is 4.31 Å². The largest absolute Gasteiger partial charge is 0.373 e. The van der Waals surface area contributed by atoms with Crippen molar-refractivity contribution in [2.75, 3.05) is 13.1 Å². The van der Waals surface area contributed by atoms with Crippen molar-refractivity contribution >= 4 is 15.9 Å². The van der Waals surface area contributed by atoms with Gasteiger partial charge < -0.3 is 10.1 Å². The molecule has 25 heavy (non-hydrogen) atoms. The Labute approximate surface area is 150 Å². The number of hydrogen-bond donors (Lipinski definition) is 1. The second-order valence-corrected chi connectivity index (χ2v) is 9.23. The van der Waals surface area contributed by atoms with E-state index in [-0.39, 0.29) is 28.5 Å². The zero-order valence-corrected chi connectivity index (χ0v) is 16.4. The van der Waals surface area contributed by atoms with Gasteiger partial charge in [0.25, 0.3) is 5.91 Å². The van der Waals surface area contributed by atoms with Crippen LogP contribution in [0.5, 0.6) is 0 Å². The molecule has 2 atom stereocenters. The van der Waals surface area contributed by atoms with Gasteiger partial charge in [-0.05, 0) is 58.4 Å². The molecule has 1 aromatic carbocycles. The first-order valence-corrected chi connectivity index (χ1v) is 10.1. The molecule has 1 saturated heterocycles. The van der Waals surface area contributed by atoms with Crippen LogP contribution in [-0.4, -0.2) is 49.5 Å². The number of carbonyl (C=O) groups is 1. The molecular formula is C18H28N2O4S. The number of ether oxygens (including phenoxy) is 1. The Bertz CT molecular complexity index is 703. The van der Waals surface area contributed by atoms with Gasteiger partial charge in [-0.15, -0.1) is 0 Å². The van der Waals surface area contributed by atoms with E-state index in [2.05, 4.69) is 5.32 Å². The van der Waals surface area contributed by atoms with E-state index in [1.165, 1.54) is 16.4 Å². The summed E-state index contributed by atoms with van der Waals surface area (Å²) >= 11 is 0. The third kappa shape index (κ3) is 4.80. The predicted octanol–water partition coefficient (Wildman–Crippen LogP) is 2.40. The highest BCUT2D eigenvalue weighted by molar-refractivity contribution is 7.89. The molecule has 140 valence electrons. The lowest BCUT2D eigenvalue weighted by atomic mass is 10.0. The standard InChI is InChI=1S/C18H28N2O4S/c1-6-18(4,5)19-17(21)15-7-9-16(10-8-15)25(22,23)20-11-13(2)24-14(3)12-20/h7-10,13-14H,6,11-12H2,1-5H3,(H,19,21). The van der Waals surface area contributed by atoms with Crippen LogP contribution in [0, 0.1) is 0 Å². The van der Waals surface area contributed by atoms with E-state index in [0.717, 1.165) is 6.42 Å². The summed E-state index contributed by atoms with van der Waals surface area (Å²) in [6.45, 7) is 10.3. The molecule has 1 amide bonds. The van der Waals surface area contributed by atoms with Crippen molar-refractivity contribution < 1.29 is 17.9 Å². The Morgan fingerprint density at radius 2 is 1.72 bits per heavy atom. The minimum Gasteiger partial charge on any atom is -0.373 e. The summed E-state index contributed by atoms with van der Waals surface area (Å²) in [7, 11) is -3.59. The normalized spacial score (nSPS) is 22.6. The lowest BCUT2D eigenvalue weighted by Crippen LogP contribution is -2.48. The molecule has 0 spiro atoms. The molecule has 1 heterocycles. The molecule has 7 heteroatoms. The van der Waals surface area contributed by atoms with Crippen LogP contribution in [0.15, 0.2) is 29.2 Å². The van der Waals surface area contributed by atoms with Gasteiger partial charge in [-0.25, -0.2) is 8.42 Å². The second-order valence-electron chi connectivity index (χ2n) is 7.30. The Morgan fingerprint density at radius 1 is 1.20 bits per heavy atom. The molecule has 0 saturated carbocycles. The van der Waals surface area contributed by atoms with E-state index < -0.39 is 10.0 Å². The van der Waals surface area contributed by atoms with Crippen molar-refractivity contribution in [2.24, 2.45) is 0 Å². The second kappa shape index (κ2) is 7.43. The smallest absolute Gasteiger partial charge is 0.251 e. The van der Waals surface area contributed by atoms with Crippen LogP contribution in [0.3, 0.4) is 0 Å². The molecule has 1 aliphatic heterocycles. The van der Waals surface area contributed by atoms with Crippen LogP contribution in [0.4, 0.5) is 0 Å². The Hall–Kier alpha value is -1.44. The monoisotopic (exact) mass is 368 g/mol. The van der Waals surface area contributed by atoms with E-state index in [4.69, 9.17) is 4.74 Å². The lowest BCUT2D eigenvalue weighted by Gasteiger charge is -2.34. The van der Waals surface area contributed by atoms with E-state index in [0.29, 0.717) is 18.7 Å². The first-order valence-electron chi connectivity index (χ1n) is 8.63. The number of amides is 1. The molecule has 1 fully saturated rings. The number of nitrogens with zero attached hydrogens (tertiary/aromatic N) is 1. The lowest BCUT2D eigenvalue weighted by molar-refractivity contribution is -0.0440. The molecule has 0 radical (unpaired) electrons. The van der Waals surface area contributed by atoms with Crippen molar-refractivity contribution in [3.8, 4) is 0 Å². The third-order valence-electron chi connectivity index (χ3n) is 4.48. The van der Waals surface area contributed by atoms with Gasteiger partial charge in [-0.3, -0.25) is 4.79 Å². The van der Waals surface area contributed by atoms with Gasteiger partial charge >= 0.3 is 0 Å². The minimum absolute atomic E-state index is 0.139. The molecular weight excluding hydrogens is 340 g/mol. The van der Waals surface area contributed by atoms with E-state index >= 15 is 0 Å². The van der Waals surface area contributed by atoms with Gasteiger partial charge in [0, 0.05) is 24.2 Å². The van der Waals surface area contributed by atoms with Gasteiger partial charge in [0.05, 0.1) is 17.1 Å². The fraction of sp³-hybridized carbons (Fsp3) is 0.611. The topological polar surface area (TPSA) is 75.7 Å². The van der Waals surface area contributed by atoms with Crippen molar-refractivity contribution in [3.63, 3.8) is 0 Å². The fourth-order valence-electron chi connectivity index (χ4n) is 2.72. The van der Waals surface area contributed by atoms with Gasteiger partial charge in [0.2, 0.25) is 10.0 Å². The number of benzene rings is 1. The highest BCUT2D eigenvalue weighted by Gasteiger charge is 2.32. The summed E-state index contributed by atoms with van der Waals surface area (Å²) in [4.78, 5) is 12.5. The molecule has 6 nitrogen and oxygen atoms in total. The van der Waals surface area contributed by atoms with Crippen LogP contribution in [0.1, 0.15) is 51.4 Å². The van der Waals surface area contributed by atoms with Crippen molar-refractivity contribution in [2.45, 2.75) is 63.7 Å². The zero-order valence-electron chi connectivity index (χ0n) is 15.6.